The number of sulfonamides is 1. The fourth-order valence-electron chi connectivity index (χ4n) is 5.80. The third-order valence-corrected chi connectivity index (χ3v) is 9.64. The zero-order valence-electron chi connectivity index (χ0n) is 27.1. The summed E-state index contributed by atoms with van der Waals surface area (Å²) in [5.74, 6) is -2.32. The average Bonchev–Trinajstić information content (AvgIpc) is 3.02. The number of nitrogens with two attached hydrogens (primary N) is 1. The highest BCUT2D eigenvalue weighted by atomic mass is 32.2. The number of carboxylic acid groups (broad SMARTS) is 1. The SMILES string of the molecule is CC(=O)O.CCOC(=O)[C@H]1C[C@H](C)CCN1C(=O)[C@H](CC(=O)NC[C@@H]1CCCN(C(=N)N)C1)NS(=O)(=O)c1ccc2ccccc2c1. The first-order valence-corrected chi connectivity index (χ1v) is 17.2. The minimum atomic E-state index is -4.23. The number of amides is 2. The van der Waals surface area contributed by atoms with E-state index in [4.69, 9.17) is 25.8 Å². The summed E-state index contributed by atoms with van der Waals surface area (Å²) < 4.78 is 34.9. The Morgan fingerprint density at radius 3 is 2.45 bits per heavy atom. The number of benzene rings is 2. The van der Waals surface area contributed by atoms with Gasteiger partial charge in [-0.3, -0.25) is 19.8 Å². The predicted octanol–water partition coefficient (Wildman–Crippen LogP) is 1.88. The topological polar surface area (TPSA) is 212 Å². The van der Waals surface area contributed by atoms with Crippen molar-refractivity contribution in [2.75, 3.05) is 32.8 Å². The van der Waals surface area contributed by atoms with Gasteiger partial charge < -0.3 is 30.7 Å². The van der Waals surface area contributed by atoms with Gasteiger partial charge in [0.1, 0.15) is 12.1 Å². The van der Waals surface area contributed by atoms with E-state index in [2.05, 4.69) is 10.0 Å². The number of carboxylic acids is 1. The smallest absolute Gasteiger partial charge is 0.328 e. The quantitative estimate of drug-likeness (QED) is 0.140. The third-order valence-electron chi connectivity index (χ3n) is 8.17. The molecular formula is C32H46N6O8S. The first-order valence-electron chi connectivity index (χ1n) is 15.7. The molecule has 14 nitrogen and oxygen atoms in total. The molecule has 258 valence electrons. The maximum Gasteiger partial charge on any atom is 0.328 e. The van der Waals surface area contributed by atoms with Crippen molar-refractivity contribution >= 4 is 50.5 Å². The number of fused-ring (bicyclic) bond motifs is 1. The van der Waals surface area contributed by atoms with Gasteiger partial charge in [-0.05, 0) is 67.3 Å². The van der Waals surface area contributed by atoms with E-state index < -0.39 is 52.3 Å². The lowest BCUT2D eigenvalue weighted by Crippen LogP contribution is -2.57. The second-order valence-electron chi connectivity index (χ2n) is 12.0. The molecule has 2 saturated heterocycles. The molecule has 15 heteroatoms. The first kappa shape index (κ1) is 37.2. The highest BCUT2D eigenvalue weighted by Crippen LogP contribution is 2.26. The Labute approximate surface area is 275 Å². The molecule has 0 unspecified atom stereocenters. The molecule has 0 aromatic heterocycles. The lowest BCUT2D eigenvalue weighted by Gasteiger charge is -2.38. The van der Waals surface area contributed by atoms with Crippen LogP contribution >= 0.6 is 0 Å². The Morgan fingerprint density at radius 2 is 1.79 bits per heavy atom. The minimum Gasteiger partial charge on any atom is -0.481 e. The number of aliphatic carboxylic acids is 1. The fourth-order valence-corrected chi connectivity index (χ4v) is 7.03. The Bertz CT molecular complexity index is 1550. The third kappa shape index (κ3) is 10.9. The van der Waals surface area contributed by atoms with Crippen LogP contribution in [0.25, 0.3) is 10.8 Å². The number of likely N-dealkylation sites (tertiary alicyclic amines) is 2. The van der Waals surface area contributed by atoms with Crippen LogP contribution in [-0.4, -0.2) is 97.9 Å². The first-order chi connectivity index (χ1) is 22.2. The standard InChI is InChI=1S/C30H42N6O6S.C2H4O2/c1-3-42-29(39)26-15-20(2)12-14-36(26)28(38)25(17-27(37)33-18-21-7-6-13-35(19-21)30(31)32)34-43(40,41)24-11-10-22-8-4-5-9-23(22)16-24;1-2(3)4/h4-5,8-11,16,20-21,25-26,34H,3,6-7,12-15,17-19H2,1-2H3,(H3,31,32)(H,33,37);1H3,(H,3,4)/t20-,21+,25+,26-;/m1./s1. The summed E-state index contributed by atoms with van der Waals surface area (Å²) in [5, 5.41) is 19.5. The van der Waals surface area contributed by atoms with Crippen molar-refractivity contribution in [1.29, 1.82) is 5.41 Å². The zero-order valence-corrected chi connectivity index (χ0v) is 27.9. The lowest BCUT2D eigenvalue weighted by atomic mass is 9.91. The molecular weight excluding hydrogens is 628 g/mol. The van der Waals surface area contributed by atoms with E-state index in [9.17, 15) is 22.8 Å². The van der Waals surface area contributed by atoms with E-state index in [1.54, 1.807) is 30.0 Å². The molecule has 2 aromatic carbocycles. The number of rotatable bonds is 10. The van der Waals surface area contributed by atoms with Crippen molar-refractivity contribution in [1.82, 2.24) is 19.8 Å². The van der Waals surface area contributed by atoms with Gasteiger partial charge in [0.25, 0.3) is 5.97 Å². The van der Waals surface area contributed by atoms with Gasteiger partial charge in [-0.1, -0.05) is 37.3 Å². The summed E-state index contributed by atoms with van der Waals surface area (Å²) in [6.07, 6.45) is 2.24. The van der Waals surface area contributed by atoms with Crippen LogP contribution in [-0.2, 0) is 33.9 Å². The normalized spacial score (nSPS) is 20.4. The van der Waals surface area contributed by atoms with Crippen LogP contribution in [0.4, 0.5) is 0 Å². The van der Waals surface area contributed by atoms with Gasteiger partial charge >= 0.3 is 5.97 Å². The number of ether oxygens (including phenoxy) is 1. The molecule has 0 radical (unpaired) electrons. The fraction of sp³-hybridized carbons (Fsp3) is 0.531. The summed E-state index contributed by atoms with van der Waals surface area (Å²) in [5.41, 5.74) is 5.63. The van der Waals surface area contributed by atoms with Crippen molar-refractivity contribution in [3.63, 3.8) is 0 Å². The zero-order chi connectivity index (χ0) is 34.7. The molecule has 2 heterocycles. The number of esters is 1. The van der Waals surface area contributed by atoms with Crippen LogP contribution in [0.5, 0.6) is 0 Å². The van der Waals surface area contributed by atoms with E-state index in [1.165, 1.54) is 17.0 Å². The summed E-state index contributed by atoms with van der Waals surface area (Å²) in [6, 6.07) is 9.67. The molecule has 6 N–H and O–H groups in total. The summed E-state index contributed by atoms with van der Waals surface area (Å²) in [6.45, 7) is 6.65. The van der Waals surface area contributed by atoms with Gasteiger partial charge in [0, 0.05) is 33.1 Å². The number of nitrogens with zero attached hydrogens (tertiary/aromatic N) is 2. The van der Waals surface area contributed by atoms with E-state index >= 15 is 0 Å². The summed E-state index contributed by atoms with van der Waals surface area (Å²) >= 11 is 0. The molecule has 2 aliphatic heterocycles. The molecule has 2 amide bonds. The van der Waals surface area contributed by atoms with Crippen molar-refractivity contribution < 1.29 is 37.4 Å². The van der Waals surface area contributed by atoms with Crippen LogP contribution in [0.3, 0.4) is 0 Å². The molecule has 2 aliphatic rings. The Hall–Kier alpha value is -4.24. The Balaban J connectivity index is 0.00000142. The van der Waals surface area contributed by atoms with Crippen LogP contribution in [0.1, 0.15) is 52.9 Å². The number of carbonyl (C=O) groups excluding carboxylic acids is 3. The second-order valence-corrected chi connectivity index (χ2v) is 13.7. The molecule has 2 aromatic rings. The maximum atomic E-state index is 14.0. The summed E-state index contributed by atoms with van der Waals surface area (Å²) in [7, 11) is -4.23. The van der Waals surface area contributed by atoms with Crippen molar-refractivity contribution in [2.45, 2.75) is 69.9 Å². The van der Waals surface area contributed by atoms with Crippen molar-refractivity contribution in [2.24, 2.45) is 17.6 Å². The average molecular weight is 675 g/mol. The van der Waals surface area contributed by atoms with Crippen LogP contribution in [0, 0.1) is 17.2 Å². The van der Waals surface area contributed by atoms with Gasteiger partial charge in [0.05, 0.1) is 17.9 Å². The number of piperidine rings is 2. The second kappa shape index (κ2) is 17.1. The lowest BCUT2D eigenvalue weighted by molar-refractivity contribution is -0.158. The molecule has 0 saturated carbocycles. The maximum absolute atomic E-state index is 14.0. The van der Waals surface area contributed by atoms with Crippen LogP contribution < -0.4 is 15.8 Å². The van der Waals surface area contributed by atoms with Gasteiger partial charge in [-0.15, -0.1) is 0 Å². The minimum absolute atomic E-state index is 0.0169. The largest absolute Gasteiger partial charge is 0.481 e. The molecule has 4 rings (SSSR count). The van der Waals surface area contributed by atoms with Crippen LogP contribution in [0.15, 0.2) is 47.4 Å². The van der Waals surface area contributed by atoms with E-state index in [0.29, 0.717) is 37.9 Å². The number of guanidine groups is 1. The predicted molar refractivity (Wildman–Crippen MR) is 176 cm³/mol. The van der Waals surface area contributed by atoms with Gasteiger partial charge in [-0.25, -0.2) is 13.2 Å². The van der Waals surface area contributed by atoms with Crippen molar-refractivity contribution in [3.05, 3.63) is 42.5 Å². The van der Waals surface area contributed by atoms with E-state index in [1.807, 2.05) is 19.1 Å². The summed E-state index contributed by atoms with van der Waals surface area (Å²) in [4.78, 5) is 52.0. The van der Waals surface area contributed by atoms with Gasteiger partial charge in [-0.2, -0.15) is 4.72 Å². The van der Waals surface area contributed by atoms with Crippen LogP contribution in [0.2, 0.25) is 0 Å². The molecule has 2 fully saturated rings. The highest BCUT2D eigenvalue weighted by Gasteiger charge is 2.40. The molecule has 0 aliphatic carbocycles. The monoisotopic (exact) mass is 674 g/mol. The molecule has 0 spiro atoms. The molecule has 47 heavy (non-hydrogen) atoms. The van der Waals surface area contributed by atoms with E-state index in [-0.39, 0.29) is 35.8 Å². The van der Waals surface area contributed by atoms with E-state index in [0.717, 1.165) is 25.2 Å². The van der Waals surface area contributed by atoms with Crippen molar-refractivity contribution in [3.8, 4) is 0 Å². The highest BCUT2D eigenvalue weighted by molar-refractivity contribution is 7.89. The number of hydrogen-bond donors (Lipinski definition) is 5. The number of carbonyl (C=O) groups is 4. The number of nitrogens with one attached hydrogen (secondary N) is 3. The Kier molecular flexibility index (Phi) is 13.5. The number of hydrogen-bond acceptors (Lipinski definition) is 8. The molecule has 4 atom stereocenters. The van der Waals surface area contributed by atoms with Gasteiger partial charge in [0.2, 0.25) is 21.8 Å². The Morgan fingerprint density at radius 1 is 1.11 bits per heavy atom. The molecule has 0 bridgehead atoms. The van der Waals surface area contributed by atoms with Gasteiger partial charge in [0.15, 0.2) is 5.96 Å².